The number of hydrogen-bond donors (Lipinski definition) is 1. The van der Waals surface area contributed by atoms with E-state index in [2.05, 4.69) is 39.8 Å². The number of benzene rings is 2. The average Bonchev–Trinajstić information content (AvgIpc) is 3.40. The minimum Gasteiger partial charge on any atom is -0.388 e. The second-order valence-electron chi connectivity index (χ2n) is 6.62. The van der Waals surface area contributed by atoms with Crippen molar-refractivity contribution in [2.45, 2.75) is 24.4 Å². The molecule has 3 aromatic rings. The molecular formula is C19H18N4O3. The Labute approximate surface area is 150 Å². The van der Waals surface area contributed by atoms with Crippen LogP contribution in [-0.2, 0) is 9.47 Å². The van der Waals surface area contributed by atoms with Crippen molar-refractivity contribution in [2.75, 3.05) is 13.2 Å². The van der Waals surface area contributed by atoms with E-state index in [0.29, 0.717) is 12.4 Å². The molecule has 2 fully saturated rings. The van der Waals surface area contributed by atoms with Gasteiger partial charge in [-0.3, -0.25) is 0 Å². The first-order valence-corrected chi connectivity index (χ1v) is 8.66. The summed E-state index contributed by atoms with van der Waals surface area (Å²) in [5, 5.41) is 22.1. The molecule has 7 heteroatoms. The summed E-state index contributed by atoms with van der Waals surface area (Å²) < 4.78 is 13.2. The number of hydrogen-bond acceptors (Lipinski definition) is 6. The first kappa shape index (κ1) is 15.6. The Bertz CT molecular complexity index is 897. The van der Waals surface area contributed by atoms with Gasteiger partial charge in [-0.05, 0) is 21.6 Å². The highest BCUT2D eigenvalue weighted by Gasteiger charge is 2.49. The largest absolute Gasteiger partial charge is 0.388 e. The van der Waals surface area contributed by atoms with E-state index in [0.717, 1.165) is 11.1 Å². The lowest BCUT2D eigenvalue weighted by molar-refractivity contribution is 0.0169. The molecule has 4 atom stereocenters. The number of aliphatic hydroxyl groups excluding tert-OH is 1. The number of aromatic nitrogens is 4. The van der Waals surface area contributed by atoms with Gasteiger partial charge in [0.25, 0.3) is 0 Å². The Morgan fingerprint density at radius 3 is 2.35 bits per heavy atom. The van der Waals surface area contributed by atoms with E-state index < -0.39 is 6.10 Å². The van der Waals surface area contributed by atoms with E-state index >= 15 is 0 Å². The van der Waals surface area contributed by atoms with Crippen LogP contribution in [0.2, 0.25) is 0 Å². The molecule has 0 unspecified atom stereocenters. The zero-order valence-corrected chi connectivity index (χ0v) is 14.0. The molecule has 0 spiro atoms. The van der Waals surface area contributed by atoms with Crippen molar-refractivity contribution >= 4 is 0 Å². The minimum absolute atomic E-state index is 0.143. The van der Waals surface area contributed by atoms with Crippen LogP contribution < -0.4 is 0 Å². The molecule has 5 rings (SSSR count). The Hall–Kier alpha value is -2.61. The van der Waals surface area contributed by atoms with Gasteiger partial charge in [-0.15, -0.1) is 5.10 Å². The maximum atomic E-state index is 9.93. The molecule has 0 aliphatic carbocycles. The van der Waals surface area contributed by atoms with E-state index in [1.54, 1.807) is 4.68 Å². The van der Waals surface area contributed by atoms with E-state index in [-0.39, 0.29) is 24.9 Å². The Balaban J connectivity index is 1.45. The summed E-state index contributed by atoms with van der Waals surface area (Å²) in [6.45, 7) is 0.710. The number of nitrogens with zero attached hydrogens (tertiary/aromatic N) is 4. The molecule has 7 nitrogen and oxygen atoms in total. The fraction of sp³-hybridized carbons (Fsp3) is 0.316. The molecule has 0 amide bonds. The molecule has 0 radical (unpaired) electrons. The molecule has 132 valence electrons. The van der Waals surface area contributed by atoms with Gasteiger partial charge in [0.1, 0.15) is 24.4 Å². The summed E-state index contributed by atoms with van der Waals surface area (Å²) in [6, 6.07) is 18.2. The molecule has 2 aliphatic rings. The van der Waals surface area contributed by atoms with Crippen molar-refractivity contribution in [3.05, 3.63) is 54.6 Å². The molecule has 1 aromatic heterocycles. The van der Waals surface area contributed by atoms with Crippen LogP contribution >= 0.6 is 0 Å². The minimum atomic E-state index is -0.588. The summed E-state index contributed by atoms with van der Waals surface area (Å²) in [5.74, 6) is 0.670. The third kappa shape index (κ3) is 2.52. The molecule has 2 aromatic carbocycles. The van der Waals surface area contributed by atoms with Crippen molar-refractivity contribution < 1.29 is 14.6 Å². The number of tetrazole rings is 1. The molecule has 0 bridgehead atoms. The van der Waals surface area contributed by atoms with Crippen LogP contribution in [0, 0.1) is 0 Å². The summed E-state index contributed by atoms with van der Waals surface area (Å²) in [5.41, 5.74) is 3.23. The highest BCUT2D eigenvalue weighted by Crippen LogP contribution is 2.35. The maximum absolute atomic E-state index is 9.93. The number of fused-ring (bicyclic) bond motifs is 1. The molecule has 2 aliphatic heterocycles. The molecule has 2 saturated heterocycles. The van der Waals surface area contributed by atoms with Gasteiger partial charge < -0.3 is 14.6 Å². The van der Waals surface area contributed by atoms with Crippen LogP contribution in [0.1, 0.15) is 6.04 Å². The van der Waals surface area contributed by atoms with Crippen LogP contribution in [0.15, 0.2) is 54.6 Å². The predicted molar refractivity (Wildman–Crippen MR) is 93.2 cm³/mol. The van der Waals surface area contributed by atoms with Crippen molar-refractivity contribution in [2.24, 2.45) is 0 Å². The molecule has 0 saturated carbocycles. The number of aliphatic hydroxyl groups is 1. The lowest BCUT2D eigenvalue weighted by Crippen LogP contribution is -2.30. The Morgan fingerprint density at radius 1 is 0.846 bits per heavy atom. The topological polar surface area (TPSA) is 82.3 Å². The second kappa shape index (κ2) is 6.28. The lowest BCUT2D eigenvalue weighted by Gasteiger charge is -2.17. The smallest absolute Gasteiger partial charge is 0.182 e. The van der Waals surface area contributed by atoms with Gasteiger partial charge in [0.05, 0.1) is 13.2 Å². The third-order valence-electron chi connectivity index (χ3n) is 5.06. The van der Waals surface area contributed by atoms with Crippen LogP contribution in [0.4, 0.5) is 0 Å². The van der Waals surface area contributed by atoms with Gasteiger partial charge in [-0.2, -0.15) is 0 Å². The monoisotopic (exact) mass is 350 g/mol. The predicted octanol–water partition coefficient (Wildman–Crippen LogP) is 1.71. The van der Waals surface area contributed by atoms with Gasteiger partial charge in [-0.1, -0.05) is 54.6 Å². The number of rotatable bonds is 3. The lowest BCUT2D eigenvalue weighted by atomic mass is 10.0. The Morgan fingerprint density at radius 2 is 1.54 bits per heavy atom. The molecule has 3 heterocycles. The molecule has 26 heavy (non-hydrogen) atoms. The first-order valence-electron chi connectivity index (χ1n) is 8.66. The van der Waals surface area contributed by atoms with Gasteiger partial charge in [0.15, 0.2) is 5.82 Å². The SMILES string of the molecule is O[C@@H]1CO[C@H]2[C@@H]1OC[C@@H]2n1nnnc1-c1ccc(-c2ccccc2)cc1. The summed E-state index contributed by atoms with van der Waals surface area (Å²) >= 11 is 0. The van der Waals surface area contributed by atoms with E-state index in [4.69, 9.17) is 9.47 Å². The first-order chi connectivity index (χ1) is 12.8. The maximum Gasteiger partial charge on any atom is 0.182 e. The van der Waals surface area contributed by atoms with Gasteiger partial charge in [-0.25, -0.2) is 4.68 Å². The van der Waals surface area contributed by atoms with E-state index in [1.807, 2.05) is 30.3 Å². The molecular weight excluding hydrogens is 332 g/mol. The summed E-state index contributed by atoms with van der Waals surface area (Å²) in [6.07, 6.45) is -1.12. The second-order valence-corrected chi connectivity index (χ2v) is 6.62. The fourth-order valence-electron chi connectivity index (χ4n) is 3.72. The van der Waals surface area contributed by atoms with Gasteiger partial charge in [0.2, 0.25) is 0 Å². The quantitative estimate of drug-likeness (QED) is 0.774. The van der Waals surface area contributed by atoms with Crippen LogP contribution in [-0.4, -0.2) is 56.8 Å². The van der Waals surface area contributed by atoms with Crippen LogP contribution in [0.25, 0.3) is 22.5 Å². The van der Waals surface area contributed by atoms with Crippen LogP contribution in [0.3, 0.4) is 0 Å². The highest BCUT2D eigenvalue weighted by molar-refractivity contribution is 5.67. The zero-order chi connectivity index (χ0) is 17.5. The average molecular weight is 350 g/mol. The fourth-order valence-corrected chi connectivity index (χ4v) is 3.72. The van der Waals surface area contributed by atoms with Crippen LogP contribution in [0.5, 0.6) is 0 Å². The van der Waals surface area contributed by atoms with Crippen molar-refractivity contribution in [3.63, 3.8) is 0 Å². The normalized spacial score (nSPS) is 27.6. The Kier molecular flexibility index (Phi) is 3.77. The standard InChI is InChI=1S/C19H18N4O3/c24-16-11-26-17-15(10-25-18(16)17)23-19(20-21-22-23)14-8-6-13(7-9-14)12-4-2-1-3-5-12/h1-9,15-18,24H,10-11H2/t15-,16+,17+,18+/m0/s1. The third-order valence-corrected chi connectivity index (χ3v) is 5.06. The van der Waals surface area contributed by atoms with Crippen molar-refractivity contribution in [3.8, 4) is 22.5 Å². The van der Waals surface area contributed by atoms with Crippen molar-refractivity contribution in [1.29, 1.82) is 0 Å². The number of ether oxygens (including phenoxy) is 2. The van der Waals surface area contributed by atoms with Gasteiger partial charge in [0, 0.05) is 5.56 Å². The van der Waals surface area contributed by atoms with Gasteiger partial charge >= 0.3 is 0 Å². The zero-order valence-electron chi connectivity index (χ0n) is 14.0. The van der Waals surface area contributed by atoms with E-state index in [1.165, 1.54) is 5.56 Å². The summed E-state index contributed by atoms with van der Waals surface area (Å²) in [7, 11) is 0. The van der Waals surface area contributed by atoms with Crippen molar-refractivity contribution in [1.82, 2.24) is 20.2 Å². The van der Waals surface area contributed by atoms with E-state index in [9.17, 15) is 5.11 Å². The summed E-state index contributed by atoms with van der Waals surface area (Å²) in [4.78, 5) is 0. The highest BCUT2D eigenvalue weighted by atomic mass is 16.6. The molecule has 1 N–H and O–H groups in total.